The molecule has 0 aliphatic heterocycles. The molecule has 6 nitrogen and oxygen atoms in total. The third-order valence-electron chi connectivity index (χ3n) is 3.74. The summed E-state index contributed by atoms with van der Waals surface area (Å²) in [6.07, 6.45) is -0.141. The zero-order valence-corrected chi connectivity index (χ0v) is 15.8. The Bertz CT molecular complexity index is 709. The quantitative estimate of drug-likeness (QED) is 0.423. The van der Waals surface area contributed by atoms with Gasteiger partial charge in [0.2, 0.25) is 0 Å². The van der Waals surface area contributed by atoms with Gasteiger partial charge >= 0.3 is 0 Å². The van der Waals surface area contributed by atoms with Gasteiger partial charge in [0, 0.05) is 12.6 Å². The number of ether oxygens (including phenoxy) is 1. The second-order valence-corrected chi connectivity index (χ2v) is 6.02. The topological polar surface area (TPSA) is 89.1 Å². The molecule has 1 rings (SSSR count). The van der Waals surface area contributed by atoms with E-state index in [1.165, 1.54) is 18.2 Å². The highest BCUT2D eigenvalue weighted by molar-refractivity contribution is 6.02. The van der Waals surface area contributed by atoms with Gasteiger partial charge in [-0.2, -0.15) is 0 Å². The van der Waals surface area contributed by atoms with E-state index in [0.717, 1.165) is 11.1 Å². The third kappa shape index (κ3) is 6.40. The number of nitrogens with two attached hydrogens (primary N) is 1. The number of halogens is 1. The Labute approximate surface area is 154 Å². The summed E-state index contributed by atoms with van der Waals surface area (Å²) in [6, 6.07) is 3.95. The van der Waals surface area contributed by atoms with Crippen molar-refractivity contribution in [1.82, 2.24) is 5.32 Å². The molecule has 3 N–H and O–H groups in total. The van der Waals surface area contributed by atoms with Gasteiger partial charge in [-0.1, -0.05) is 5.57 Å². The number of amides is 1. The van der Waals surface area contributed by atoms with Crippen LogP contribution in [0.15, 0.2) is 39.3 Å². The maximum Gasteiger partial charge on any atom is 0.260 e. The van der Waals surface area contributed by atoms with Crippen molar-refractivity contribution in [3.63, 3.8) is 0 Å². The molecular formula is C19H27FN4O2. The van der Waals surface area contributed by atoms with E-state index >= 15 is 0 Å². The molecule has 0 aromatic heterocycles. The van der Waals surface area contributed by atoms with Gasteiger partial charge in [-0.3, -0.25) is 4.79 Å². The van der Waals surface area contributed by atoms with Crippen molar-refractivity contribution in [3.8, 4) is 5.75 Å². The Hall–Kier alpha value is -2.54. The number of hydrogen-bond acceptors (Lipinski definition) is 4. The monoisotopic (exact) mass is 362 g/mol. The largest absolute Gasteiger partial charge is 0.479 e. The summed E-state index contributed by atoms with van der Waals surface area (Å²) in [5.41, 5.74) is 7.67. The van der Waals surface area contributed by atoms with E-state index in [4.69, 9.17) is 10.5 Å². The average Bonchev–Trinajstić information content (AvgIpc) is 2.60. The molecule has 0 fully saturated rings. The zero-order chi connectivity index (χ0) is 19.7. The van der Waals surface area contributed by atoms with Gasteiger partial charge in [0.25, 0.3) is 5.91 Å². The number of nitrogens with one attached hydrogen (secondary N) is 1. The summed E-state index contributed by atoms with van der Waals surface area (Å²) in [5, 5.41) is 2.71. The maximum absolute atomic E-state index is 13.7. The Morgan fingerprint density at radius 2 is 2.08 bits per heavy atom. The van der Waals surface area contributed by atoms with Crippen LogP contribution in [0.4, 0.5) is 10.1 Å². The predicted octanol–water partition coefficient (Wildman–Crippen LogP) is 3.14. The van der Waals surface area contributed by atoms with Crippen LogP contribution in [-0.4, -0.2) is 37.7 Å². The lowest BCUT2D eigenvalue weighted by Gasteiger charge is -2.16. The second kappa shape index (κ2) is 10.5. The van der Waals surface area contributed by atoms with Gasteiger partial charge in [-0.25, -0.2) is 14.4 Å². The predicted molar refractivity (Wildman–Crippen MR) is 104 cm³/mol. The van der Waals surface area contributed by atoms with Gasteiger partial charge < -0.3 is 15.8 Å². The van der Waals surface area contributed by atoms with Crippen molar-refractivity contribution < 1.29 is 13.9 Å². The summed E-state index contributed by atoms with van der Waals surface area (Å²) in [5.74, 6) is -0.211. The highest BCUT2D eigenvalue weighted by Gasteiger charge is 2.17. The van der Waals surface area contributed by atoms with E-state index < -0.39 is 11.9 Å². The number of allylic oxidation sites excluding steroid dienone is 1. The number of hydrogen-bond donors (Lipinski definition) is 2. The zero-order valence-electron chi connectivity index (χ0n) is 15.8. The molecule has 1 amide bonds. The van der Waals surface area contributed by atoms with Crippen molar-refractivity contribution in [3.05, 3.63) is 35.2 Å². The molecule has 142 valence electrons. The SMILES string of the molecule is C=NC(=Nc1ccc(F)cc1OC(C)C(=O)NCCCN)C(C)=C(C)C. The summed E-state index contributed by atoms with van der Waals surface area (Å²) >= 11 is 0. The highest BCUT2D eigenvalue weighted by Crippen LogP contribution is 2.30. The van der Waals surface area contributed by atoms with Crippen LogP contribution >= 0.6 is 0 Å². The molecule has 0 heterocycles. The number of carbonyl (C=O) groups is 1. The summed E-state index contributed by atoms with van der Waals surface area (Å²) in [4.78, 5) is 20.4. The normalized spacial score (nSPS) is 12.3. The van der Waals surface area contributed by atoms with Crippen LogP contribution in [0.2, 0.25) is 0 Å². The molecule has 1 aromatic rings. The van der Waals surface area contributed by atoms with Gasteiger partial charge in [-0.05, 0) is 65.1 Å². The van der Waals surface area contributed by atoms with E-state index in [0.29, 0.717) is 31.0 Å². The highest BCUT2D eigenvalue weighted by atomic mass is 19.1. The van der Waals surface area contributed by atoms with Crippen LogP contribution in [0.3, 0.4) is 0 Å². The molecule has 1 unspecified atom stereocenters. The molecule has 26 heavy (non-hydrogen) atoms. The Balaban J connectivity index is 3.09. The fourth-order valence-corrected chi connectivity index (χ4v) is 1.95. The fourth-order valence-electron chi connectivity index (χ4n) is 1.95. The summed E-state index contributed by atoms with van der Waals surface area (Å²) in [7, 11) is 0. The summed E-state index contributed by atoms with van der Waals surface area (Å²) in [6.45, 7) is 11.8. The van der Waals surface area contributed by atoms with Crippen molar-refractivity contribution in [2.75, 3.05) is 13.1 Å². The smallest absolute Gasteiger partial charge is 0.260 e. The van der Waals surface area contributed by atoms with Gasteiger partial charge in [0.15, 0.2) is 11.9 Å². The first-order valence-corrected chi connectivity index (χ1v) is 8.44. The van der Waals surface area contributed by atoms with E-state index in [-0.39, 0.29) is 11.7 Å². The Morgan fingerprint density at radius 3 is 2.65 bits per heavy atom. The molecule has 0 spiro atoms. The second-order valence-electron chi connectivity index (χ2n) is 6.02. The summed E-state index contributed by atoms with van der Waals surface area (Å²) < 4.78 is 19.3. The minimum absolute atomic E-state index is 0.161. The van der Waals surface area contributed by atoms with Crippen LogP contribution in [0.1, 0.15) is 34.1 Å². The standard InChI is InChI=1S/C19H27FN4O2/c1-12(2)13(3)18(22-5)24-16-8-7-15(20)11-17(16)26-14(4)19(25)23-10-6-9-21/h7-8,11,14H,5-6,9-10,21H2,1-4H3,(H,23,25). The number of rotatable bonds is 8. The van der Waals surface area contributed by atoms with Crippen LogP contribution in [0.5, 0.6) is 5.75 Å². The van der Waals surface area contributed by atoms with Crippen molar-refractivity contribution in [2.24, 2.45) is 15.7 Å². The van der Waals surface area contributed by atoms with E-state index in [1.807, 2.05) is 20.8 Å². The third-order valence-corrected chi connectivity index (χ3v) is 3.74. The lowest BCUT2D eigenvalue weighted by atomic mass is 10.1. The van der Waals surface area contributed by atoms with Crippen LogP contribution < -0.4 is 15.8 Å². The van der Waals surface area contributed by atoms with E-state index in [2.05, 4.69) is 22.0 Å². The molecule has 1 aromatic carbocycles. The number of benzene rings is 1. The number of nitrogens with zero attached hydrogens (tertiary/aromatic N) is 2. The minimum atomic E-state index is -0.812. The van der Waals surface area contributed by atoms with E-state index in [9.17, 15) is 9.18 Å². The molecule has 0 aliphatic rings. The number of amidine groups is 1. The van der Waals surface area contributed by atoms with Crippen LogP contribution in [0, 0.1) is 5.82 Å². The van der Waals surface area contributed by atoms with Gasteiger partial charge in [0.1, 0.15) is 17.3 Å². The molecular weight excluding hydrogens is 335 g/mol. The maximum atomic E-state index is 13.7. The lowest BCUT2D eigenvalue weighted by molar-refractivity contribution is -0.127. The molecule has 1 atom stereocenters. The van der Waals surface area contributed by atoms with Crippen molar-refractivity contribution in [2.45, 2.75) is 40.2 Å². The first-order valence-electron chi connectivity index (χ1n) is 8.44. The molecule has 7 heteroatoms. The van der Waals surface area contributed by atoms with Crippen LogP contribution in [0.25, 0.3) is 0 Å². The fraction of sp³-hybridized carbons (Fsp3) is 0.421. The van der Waals surface area contributed by atoms with Gasteiger partial charge in [-0.15, -0.1) is 0 Å². The Kier molecular flexibility index (Phi) is 8.64. The average molecular weight is 362 g/mol. The molecule has 0 radical (unpaired) electrons. The number of aliphatic imine (C=N–C) groups is 2. The van der Waals surface area contributed by atoms with Crippen molar-refractivity contribution in [1.29, 1.82) is 0 Å². The molecule has 0 bridgehead atoms. The van der Waals surface area contributed by atoms with Crippen LogP contribution in [-0.2, 0) is 4.79 Å². The lowest BCUT2D eigenvalue weighted by Crippen LogP contribution is -2.37. The van der Waals surface area contributed by atoms with E-state index in [1.54, 1.807) is 6.92 Å². The van der Waals surface area contributed by atoms with Crippen molar-refractivity contribution >= 4 is 24.1 Å². The first kappa shape index (κ1) is 21.5. The van der Waals surface area contributed by atoms with Gasteiger partial charge in [0.05, 0.1) is 0 Å². The molecule has 0 saturated heterocycles. The first-order chi connectivity index (χ1) is 12.3. The number of carbonyl (C=O) groups excluding carboxylic acids is 1. The molecule has 0 saturated carbocycles. The minimum Gasteiger partial charge on any atom is -0.479 e. The molecule has 0 aliphatic carbocycles. The Morgan fingerprint density at radius 1 is 1.38 bits per heavy atom.